The van der Waals surface area contributed by atoms with E-state index in [1.807, 2.05) is 7.05 Å². The molecule has 1 aromatic rings. The average Bonchev–Trinajstić information content (AvgIpc) is 2.59. The fourth-order valence-electron chi connectivity index (χ4n) is 2.81. The van der Waals surface area contributed by atoms with Gasteiger partial charge in [0.05, 0.1) is 0 Å². The predicted octanol–water partition coefficient (Wildman–Crippen LogP) is 1.38. The topological polar surface area (TPSA) is 42.9 Å². The van der Waals surface area contributed by atoms with Crippen molar-refractivity contribution in [1.29, 1.82) is 0 Å². The molecule has 2 rings (SSSR count). The summed E-state index contributed by atoms with van der Waals surface area (Å²) in [6.45, 7) is 6.78. The molecule has 0 aliphatic carbocycles. The summed E-state index contributed by atoms with van der Waals surface area (Å²) in [6, 6.07) is 10.7. The summed E-state index contributed by atoms with van der Waals surface area (Å²) >= 11 is 0. The van der Waals surface area contributed by atoms with Crippen LogP contribution in [-0.2, 0) is 0 Å². The molecule has 0 aromatic heterocycles. The summed E-state index contributed by atoms with van der Waals surface area (Å²) in [4.78, 5) is 9.17. The second-order valence-electron chi connectivity index (χ2n) is 5.62. The summed E-state index contributed by atoms with van der Waals surface area (Å²) in [5.41, 5.74) is 1.35. The Hall–Kier alpha value is -1.75. The van der Waals surface area contributed by atoms with Crippen molar-refractivity contribution in [3.8, 4) is 0 Å². The van der Waals surface area contributed by atoms with E-state index >= 15 is 0 Å². The molecule has 0 amide bonds. The molecule has 0 bridgehead atoms. The standard InChI is InChI=1S/C17H29N5/c1-18-17(19-2)20-10-6-7-11-21-12-14-22(15-13-21)16-8-4-3-5-9-16/h3-5,8-9H,6-7,10-15H2,1-2H3,(H2,18,19,20). The number of hydrogen-bond donors (Lipinski definition) is 2. The van der Waals surface area contributed by atoms with E-state index in [9.17, 15) is 0 Å². The van der Waals surface area contributed by atoms with E-state index in [0.29, 0.717) is 0 Å². The maximum Gasteiger partial charge on any atom is 0.190 e. The molecule has 1 aliphatic heterocycles. The number of aliphatic imine (C=N–C) groups is 1. The lowest BCUT2D eigenvalue weighted by Crippen LogP contribution is -2.46. The molecule has 1 aromatic carbocycles. The van der Waals surface area contributed by atoms with E-state index in [1.54, 1.807) is 7.05 Å². The van der Waals surface area contributed by atoms with Crippen LogP contribution in [-0.4, -0.2) is 64.2 Å². The molecule has 1 fully saturated rings. The lowest BCUT2D eigenvalue weighted by molar-refractivity contribution is 0.253. The number of nitrogens with one attached hydrogen (secondary N) is 2. The number of nitrogens with zero attached hydrogens (tertiary/aromatic N) is 3. The first-order valence-corrected chi connectivity index (χ1v) is 8.24. The summed E-state index contributed by atoms with van der Waals surface area (Å²) in [5.74, 6) is 0.872. The Bertz CT molecular complexity index is 438. The molecular formula is C17H29N5. The van der Waals surface area contributed by atoms with Gasteiger partial charge in [0.1, 0.15) is 0 Å². The third-order valence-corrected chi connectivity index (χ3v) is 4.15. The third kappa shape index (κ3) is 5.22. The Labute approximate surface area is 134 Å². The van der Waals surface area contributed by atoms with Crippen LogP contribution in [0.25, 0.3) is 0 Å². The monoisotopic (exact) mass is 303 g/mol. The highest BCUT2D eigenvalue weighted by atomic mass is 15.3. The normalized spacial score (nSPS) is 16.6. The van der Waals surface area contributed by atoms with Gasteiger partial charge in [-0.2, -0.15) is 0 Å². The largest absolute Gasteiger partial charge is 0.369 e. The Morgan fingerprint density at radius 3 is 2.45 bits per heavy atom. The number of guanidine groups is 1. The van der Waals surface area contributed by atoms with Gasteiger partial charge < -0.3 is 15.5 Å². The second kappa shape index (κ2) is 9.30. The number of piperazine rings is 1. The molecule has 0 unspecified atom stereocenters. The number of unbranched alkanes of at least 4 members (excludes halogenated alkanes) is 1. The van der Waals surface area contributed by atoms with Crippen LogP contribution < -0.4 is 15.5 Å². The average molecular weight is 303 g/mol. The Kier molecular flexibility index (Phi) is 7.03. The lowest BCUT2D eigenvalue weighted by atomic mass is 10.2. The third-order valence-electron chi connectivity index (χ3n) is 4.15. The van der Waals surface area contributed by atoms with Crippen LogP contribution in [0, 0.1) is 0 Å². The van der Waals surface area contributed by atoms with E-state index < -0.39 is 0 Å². The van der Waals surface area contributed by atoms with Gasteiger partial charge in [-0.05, 0) is 31.5 Å². The fourth-order valence-corrected chi connectivity index (χ4v) is 2.81. The minimum absolute atomic E-state index is 0.872. The predicted molar refractivity (Wildman–Crippen MR) is 94.8 cm³/mol. The van der Waals surface area contributed by atoms with Crippen LogP contribution in [0.5, 0.6) is 0 Å². The quantitative estimate of drug-likeness (QED) is 0.473. The van der Waals surface area contributed by atoms with E-state index in [-0.39, 0.29) is 0 Å². The molecule has 22 heavy (non-hydrogen) atoms. The van der Waals surface area contributed by atoms with Crippen LogP contribution in [0.2, 0.25) is 0 Å². The van der Waals surface area contributed by atoms with Gasteiger partial charge in [0.2, 0.25) is 0 Å². The Balaban J connectivity index is 1.58. The van der Waals surface area contributed by atoms with E-state index in [4.69, 9.17) is 0 Å². The van der Waals surface area contributed by atoms with Crippen molar-refractivity contribution in [2.45, 2.75) is 12.8 Å². The molecule has 2 N–H and O–H groups in total. The van der Waals surface area contributed by atoms with Gasteiger partial charge >= 0.3 is 0 Å². The number of anilines is 1. The van der Waals surface area contributed by atoms with Crippen LogP contribution in [0.3, 0.4) is 0 Å². The second-order valence-corrected chi connectivity index (χ2v) is 5.62. The van der Waals surface area contributed by atoms with Crippen molar-refractivity contribution >= 4 is 11.6 Å². The van der Waals surface area contributed by atoms with Gasteiger partial charge in [-0.3, -0.25) is 9.89 Å². The number of benzene rings is 1. The molecule has 0 atom stereocenters. The molecular weight excluding hydrogens is 274 g/mol. The first kappa shape index (κ1) is 16.6. The molecule has 0 radical (unpaired) electrons. The highest BCUT2D eigenvalue weighted by Gasteiger charge is 2.16. The SMILES string of the molecule is CN=C(NC)NCCCCN1CCN(c2ccccc2)CC1. The Morgan fingerprint density at radius 1 is 1.09 bits per heavy atom. The molecule has 5 nitrogen and oxygen atoms in total. The highest BCUT2D eigenvalue weighted by Crippen LogP contribution is 2.15. The molecule has 1 saturated heterocycles. The van der Waals surface area contributed by atoms with Crippen LogP contribution in [0.4, 0.5) is 5.69 Å². The fraction of sp³-hybridized carbons (Fsp3) is 0.588. The van der Waals surface area contributed by atoms with Gasteiger partial charge in [0.15, 0.2) is 5.96 Å². The van der Waals surface area contributed by atoms with Gasteiger partial charge in [-0.25, -0.2) is 0 Å². The van der Waals surface area contributed by atoms with Crippen LogP contribution in [0.15, 0.2) is 35.3 Å². The smallest absolute Gasteiger partial charge is 0.190 e. The first-order valence-electron chi connectivity index (χ1n) is 8.24. The summed E-state index contributed by atoms with van der Waals surface area (Å²) < 4.78 is 0. The van der Waals surface area contributed by atoms with E-state index in [0.717, 1.165) is 25.6 Å². The van der Waals surface area contributed by atoms with E-state index in [1.165, 1.54) is 38.2 Å². The molecule has 122 valence electrons. The number of para-hydroxylation sites is 1. The summed E-state index contributed by atoms with van der Waals surface area (Å²) in [5, 5.41) is 6.33. The molecule has 5 heteroatoms. The minimum Gasteiger partial charge on any atom is -0.369 e. The van der Waals surface area contributed by atoms with Crippen molar-refractivity contribution in [2.75, 3.05) is 58.3 Å². The Morgan fingerprint density at radius 2 is 1.82 bits per heavy atom. The van der Waals surface area contributed by atoms with Gasteiger partial charge in [0.25, 0.3) is 0 Å². The summed E-state index contributed by atoms with van der Waals surface area (Å²) in [7, 11) is 3.69. The zero-order chi connectivity index (χ0) is 15.6. The van der Waals surface area contributed by atoms with Crippen molar-refractivity contribution in [3.05, 3.63) is 30.3 Å². The maximum absolute atomic E-state index is 4.11. The molecule has 1 aliphatic rings. The van der Waals surface area contributed by atoms with Crippen LogP contribution in [0.1, 0.15) is 12.8 Å². The highest BCUT2D eigenvalue weighted by molar-refractivity contribution is 5.79. The van der Waals surface area contributed by atoms with Crippen molar-refractivity contribution < 1.29 is 0 Å². The van der Waals surface area contributed by atoms with Crippen molar-refractivity contribution in [1.82, 2.24) is 15.5 Å². The zero-order valence-electron chi connectivity index (χ0n) is 13.9. The number of rotatable bonds is 6. The zero-order valence-corrected chi connectivity index (χ0v) is 13.9. The van der Waals surface area contributed by atoms with Crippen LogP contribution >= 0.6 is 0 Å². The molecule has 1 heterocycles. The maximum atomic E-state index is 4.11. The molecule has 0 spiro atoms. The molecule has 0 saturated carbocycles. The first-order chi connectivity index (χ1) is 10.8. The van der Waals surface area contributed by atoms with Gasteiger partial charge in [-0.1, -0.05) is 18.2 Å². The van der Waals surface area contributed by atoms with Crippen molar-refractivity contribution in [2.24, 2.45) is 4.99 Å². The van der Waals surface area contributed by atoms with Crippen molar-refractivity contribution in [3.63, 3.8) is 0 Å². The minimum atomic E-state index is 0.872. The lowest BCUT2D eigenvalue weighted by Gasteiger charge is -2.36. The summed E-state index contributed by atoms with van der Waals surface area (Å²) in [6.07, 6.45) is 2.42. The van der Waals surface area contributed by atoms with E-state index in [2.05, 4.69) is 55.8 Å². The van der Waals surface area contributed by atoms with Gasteiger partial charge in [0, 0.05) is 52.5 Å². The number of hydrogen-bond acceptors (Lipinski definition) is 3. The van der Waals surface area contributed by atoms with Gasteiger partial charge in [-0.15, -0.1) is 0 Å².